The number of esters is 3. The normalized spacial score (nSPS) is 30.6. The van der Waals surface area contributed by atoms with E-state index in [-0.39, 0.29) is 24.7 Å². The van der Waals surface area contributed by atoms with E-state index in [9.17, 15) is 39.9 Å². The molecular formula is C34H36O14. The lowest BCUT2D eigenvalue weighted by molar-refractivity contribution is -0.353. The smallest absolute Gasteiger partial charge is 0.331 e. The van der Waals surface area contributed by atoms with Crippen LogP contribution in [0.3, 0.4) is 0 Å². The van der Waals surface area contributed by atoms with E-state index in [4.69, 9.17) is 28.4 Å². The van der Waals surface area contributed by atoms with Gasteiger partial charge in [0.1, 0.15) is 67.3 Å². The van der Waals surface area contributed by atoms with Crippen LogP contribution in [0, 0.1) is 5.92 Å². The number of fused-ring (bicyclic) bond motifs is 1. The van der Waals surface area contributed by atoms with E-state index in [0.29, 0.717) is 16.7 Å². The van der Waals surface area contributed by atoms with Crippen LogP contribution >= 0.6 is 0 Å². The Morgan fingerprint density at radius 2 is 1.42 bits per heavy atom. The molecule has 5 N–H and O–H groups in total. The number of rotatable bonds is 10. The number of aliphatic hydroxyl groups is 3. The van der Waals surface area contributed by atoms with Gasteiger partial charge in [0.05, 0.1) is 12.7 Å². The summed E-state index contributed by atoms with van der Waals surface area (Å²) in [5.74, 6) is -3.14. The van der Waals surface area contributed by atoms with Crippen molar-refractivity contribution in [2.24, 2.45) is 5.92 Å². The minimum absolute atomic E-state index is 0.0800. The van der Waals surface area contributed by atoms with Gasteiger partial charge in [0.15, 0.2) is 6.29 Å². The Balaban J connectivity index is 1.10. The molecule has 14 heteroatoms. The molecule has 5 rings (SSSR count). The second-order valence-corrected chi connectivity index (χ2v) is 11.5. The van der Waals surface area contributed by atoms with Crippen molar-refractivity contribution in [3.05, 3.63) is 83.5 Å². The predicted molar refractivity (Wildman–Crippen MR) is 165 cm³/mol. The fourth-order valence-electron chi connectivity index (χ4n) is 5.35. The molecule has 2 aromatic rings. The van der Waals surface area contributed by atoms with Crippen LogP contribution in [0.4, 0.5) is 0 Å². The van der Waals surface area contributed by atoms with E-state index < -0.39 is 79.5 Å². The van der Waals surface area contributed by atoms with Crippen molar-refractivity contribution in [3.63, 3.8) is 0 Å². The summed E-state index contributed by atoms with van der Waals surface area (Å²) in [6.45, 7) is 0.872. The summed E-state index contributed by atoms with van der Waals surface area (Å²) in [5.41, 5.74) is 1.83. The molecule has 0 bridgehead atoms. The van der Waals surface area contributed by atoms with Crippen molar-refractivity contribution in [2.45, 2.75) is 55.9 Å². The van der Waals surface area contributed by atoms with Crippen molar-refractivity contribution < 1.29 is 68.3 Å². The van der Waals surface area contributed by atoms with Gasteiger partial charge in [0, 0.05) is 12.2 Å². The molecule has 0 aliphatic carbocycles. The number of benzene rings is 2. The number of carbonyl (C=O) groups excluding carboxylic acids is 3. The van der Waals surface area contributed by atoms with Gasteiger partial charge in [0.2, 0.25) is 0 Å². The molecule has 0 aromatic heterocycles. The molecule has 9 unspecified atom stereocenters. The van der Waals surface area contributed by atoms with Crippen LogP contribution in [0.1, 0.15) is 18.1 Å². The Bertz CT molecular complexity index is 1530. The number of aromatic hydroxyl groups is 2. The average molecular weight is 669 g/mol. The van der Waals surface area contributed by atoms with Crippen LogP contribution in [0.15, 0.2) is 72.3 Å². The van der Waals surface area contributed by atoms with Gasteiger partial charge in [-0.3, -0.25) is 4.79 Å². The molecule has 3 heterocycles. The van der Waals surface area contributed by atoms with Gasteiger partial charge in [-0.25, -0.2) is 9.59 Å². The molecule has 0 amide bonds. The Kier molecular flexibility index (Phi) is 11.3. The number of aliphatic hydroxyl groups excluding tert-OH is 3. The fourth-order valence-corrected chi connectivity index (χ4v) is 5.35. The highest BCUT2D eigenvalue weighted by Gasteiger charge is 2.54. The molecule has 3 aliphatic rings. The zero-order chi connectivity index (χ0) is 34.4. The van der Waals surface area contributed by atoms with Gasteiger partial charge in [-0.05, 0) is 66.1 Å². The van der Waals surface area contributed by atoms with Crippen LogP contribution in [-0.2, 0) is 42.8 Å². The lowest BCUT2D eigenvalue weighted by Gasteiger charge is -2.46. The fraction of sp³-hybridized carbons (Fsp3) is 0.382. The van der Waals surface area contributed by atoms with Gasteiger partial charge in [-0.15, -0.1) is 0 Å². The third-order valence-corrected chi connectivity index (χ3v) is 7.92. The lowest BCUT2D eigenvalue weighted by atomic mass is 9.92. The van der Waals surface area contributed by atoms with Gasteiger partial charge >= 0.3 is 17.9 Å². The van der Waals surface area contributed by atoms with Gasteiger partial charge < -0.3 is 54.0 Å². The maximum Gasteiger partial charge on any atom is 0.331 e. The summed E-state index contributed by atoms with van der Waals surface area (Å²) in [6, 6.07) is 12.3. The molecule has 14 nitrogen and oxygen atoms in total. The number of phenols is 2. The van der Waals surface area contributed by atoms with E-state index >= 15 is 0 Å². The number of cyclic esters (lactones) is 1. The first-order valence-corrected chi connectivity index (χ1v) is 15.1. The molecule has 0 radical (unpaired) electrons. The predicted octanol–water partition coefficient (Wildman–Crippen LogP) is 0.990. The molecule has 2 aromatic carbocycles. The summed E-state index contributed by atoms with van der Waals surface area (Å²) in [7, 11) is 0. The van der Waals surface area contributed by atoms with E-state index in [1.165, 1.54) is 48.6 Å². The first-order valence-electron chi connectivity index (χ1n) is 15.1. The first kappa shape index (κ1) is 34.8. The topological polar surface area (TPSA) is 208 Å². The van der Waals surface area contributed by atoms with Crippen LogP contribution in [0.25, 0.3) is 12.2 Å². The molecule has 9 atom stereocenters. The summed E-state index contributed by atoms with van der Waals surface area (Å²) in [6.07, 6.45) is -3.29. The highest BCUT2D eigenvalue weighted by molar-refractivity contribution is 5.87. The van der Waals surface area contributed by atoms with Gasteiger partial charge in [-0.1, -0.05) is 24.3 Å². The molecule has 48 heavy (non-hydrogen) atoms. The van der Waals surface area contributed by atoms with E-state index in [2.05, 4.69) is 0 Å². The largest absolute Gasteiger partial charge is 0.508 e. The minimum Gasteiger partial charge on any atom is -0.508 e. The zero-order valence-electron chi connectivity index (χ0n) is 25.7. The molecular weight excluding hydrogens is 632 g/mol. The van der Waals surface area contributed by atoms with E-state index in [1.807, 2.05) is 0 Å². The Hall–Kier alpha value is -4.57. The quantitative estimate of drug-likeness (QED) is 0.104. The second kappa shape index (κ2) is 15.6. The maximum atomic E-state index is 12.8. The molecule has 0 spiro atoms. The number of hydrogen-bond acceptors (Lipinski definition) is 14. The first-order chi connectivity index (χ1) is 23.0. The molecule has 3 fully saturated rings. The Morgan fingerprint density at radius 1 is 0.833 bits per heavy atom. The van der Waals surface area contributed by atoms with E-state index in [0.717, 1.165) is 6.08 Å². The third kappa shape index (κ3) is 8.66. The average Bonchev–Trinajstić information content (AvgIpc) is 3.35. The summed E-state index contributed by atoms with van der Waals surface area (Å²) < 4.78 is 33.0. The standard InChI is InChI=1S/C34H36O14/c1-18(15-43-26(37)12-6-19-2-8-21(35)9-3-19)14-23-29(39)28(33(42)47-23)24-16-45-34-32(46-24)31(41)30(40)25(48-34)17-44-27(38)13-7-20-4-10-22(36)11-5-20/h2-14,23-25,28-32,34-36,39-41H,15-17H2,1H3/b12-6+,13-7+,18-14+. The van der Waals surface area contributed by atoms with Crippen molar-refractivity contribution in [1.29, 1.82) is 0 Å². The van der Waals surface area contributed by atoms with Crippen LogP contribution in [0.2, 0.25) is 0 Å². The molecule has 256 valence electrons. The highest BCUT2D eigenvalue weighted by atomic mass is 16.7. The van der Waals surface area contributed by atoms with Crippen molar-refractivity contribution in [2.75, 3.05) is 19.8 Å². The maximum absolute atomic E-state index is 12.8. The Morgan fingerprint density at radius 3 is 2.02 bits per heavy atom. The van der Waals surface area contributed by atoms with Crippen molar-refractivity contribution in [3.8, 4) is 11.5 Å². The lowest BCUT2D eigenvalue weighted by Crippen LogP contribution is -2.64. The summed E-state index contributed by atoms with van der Waals surface area (Å²) in [5, 5.41) is 51.1. The van der Waals surface area contributed by atoms with Gasteiger partial charge in [0.25, 0.3) is 0 Å². The second-order valence-electron chi connectivity index (χ2n) is 11.5. The minimum atomic E-state index is -1.55. The number of phenolic OH excluding ortho intramolecular Hbond substituents is 2. The van der Waals surface area contributed by atoms with Crippen LogP contribution in [0.5, 0.6) is 11.5 Å². The summed E-state index contributed by atoms with van der Waals surface area (Å²) >= 11 is 0. The number of carbonyl (C=O) groups is 3. The summed E-state index contributed by atoms with van der Waals surface area (Å²) in [4.78, 5) is 37.1. The zero-order valence-corrected chi connectivity index (χ0v) is 25.7. The molecule has 0 saturated carbocycles. The number of ether oxygens (including phenoxy) is 6. The van der Waals surface area contributed by atoms with Crippen molar-refractivity contribution >= 4 is 30.1 Å². The van der Waals surface area contributed by atoms with Crippen LogP contribution < -0.4 is 0 Å². The Labute approximate surface area is 275 Å². The highest BCUT2D eigenvalue weighted by Crippen LogP contribution is 2.35. The van der Waals surface area contributed by atoms with Gasteiger partial charge in [-0.2, -0.15) is 0 Å². The molecule has 3 saturated heterocycles. The number of hydrogen-bond donors (Lipinski definition) is 5. The van der Waals surface area contributed by atoms with Crippen molar-refractivity contribution in [1.82, 2.24) is 0 Å². The van der Waals surface area contributed by atoms with Crippen LogP contribution in [-0.4, -0.2) is 112 Å². The molecule has 3 aliphatic heterocycles. The SMILES string of the molecule is C/C(=C\C1OC(=O)C(C2COC3OC(COC(=O)/C=C/c4ccc(O)cc4)C(O)C(O)C3O2)C1O)COC(=O)/C=C/c1ccc(O)cc1. The third-order valence-electron chi connectivity index (χ3n) is 7.92. The monoisotopic (exact) mass is 668 g/mol. The van der Waals surface area contributed by atoms with E-state index in [1.54, 1.807) is 31.2 Å².